The largest absolute Gasteiger partial charge is 0.296 e. The first-order valence-corrected chi connectivity index (χ1v) is 2.46. The van der Waals surface area contributed by atoms with Crippen LogP contribution in [0.2, 0.25) is 0 Å². The zero-order chi connectivity index (χ0) is 7.44. The molecule has 0 atom stereocenters. The van der Waals surface area contributed by atoms with Gasteiger partial charge in [0.25, 0.3) is 0 Å². The molecule has 0 aliphatic heterocycles. The summed E-state index contributed by atoms with van der Waals surface area (Å²) in [5.74, 6) is 3.89. The molecule has 0 amide bonds. The first-order valence-electron chi connectivity index (χ1n) is 2.46. The van der Waals surface area contributed by atoms with Crippen molar-refractivity contribution in [2.24, 2.45) is 5.90 Å². The van der Waals surface area contributed by atoms with Crippen molar-refractivity contribution in [2.45, 2.75) is 20.0 Å². The monoisotopic (exact) mass is 131 g/mol. The highest BCUT2D eigenvalue weighted by molar-refractivity contribution is 6.03. The zero-order valence-electron chi connectivity index (χ0n) is 5.38. The van der Waals surface area contributed by atoms with Crippen LogP contribution in [0.25, 0.3) is 0 Å². The first kappa shape index (κ1) is 8.26. The quantitative estimate of drug-likeness (QED) is 0.411. The van der Waals surface area contributed by atoms with E-state index < -0.39 is 6.10 Å². The number of rotatable bonds is 3. The van der Waals surface area contributed by atoms with Crippen LogP contribution >= 0.6 is 0 Å². The Bertz CT molecular complexity index is 118. The summed E-state index contributed by atoms with van der Waals surface area (Å²) < 4.78 is 0. The number of carbonyl (C=O) groups excluding carboxylic acids is 2. The number of hydrogen-bond acceptors (Lipinski definition) is 4. The van der Waals surface area contributed by atoms with Crippen LogP contribution in [-0.4, -0.2) is 17.7 Å². The molecule has 0 saturated carbocycles. The topological polar surface area (TPSA) is 69.4 Å². The van der Waals surface area contributed by atoms with Crippen molar-refractivity contribution < 1.29 is 14.4 Å². The molecule has 0 aliphatic rings. The van der Waals surface area contributed by atoms with Gasteiger partial charge in [0, 0.05) is 0 Å². The number of ketones is 2. The Balaban J connectivity index is 3.99. The van der Waals surface area contributed by atoms with Gasteiger partial charge in [-0.3, -0.25) is 14.4 Å². The lowest BCUT2D eigenvalue weighted by molar-refractivity contribution is -0.140. The fourth-order valence-corrected chi connectivity index (χ4v) is 0.478. The van der Waals surface area contributed by atoms with E-state index in [0.29, 0.717) is 0 Å². The van der Waals surface area contributed by atoms with Crippen molar-refractivity contribution in [1.82, 2.24) is 0 Å². The minimum absolute atomic E-state index is 0.370. The molecule has 0 unspecified atom stereocenters. The van der Waals surface area contributed by atoms with E-state index in [1.165, 1.54) is 13.8 Å². The highest BCUT2D eigenvalue weighted by atomic mass is 16.6. The molecule has 0 heterocycles. The molecule has 0 bridgehead atoms. The Morgan fingerprint density at radius 3 is 1.67 bits per heavy atom. The van der Waals surface area contributed by atoms with E-state index in [-0.39, 0.29) is 11.6 Å². The second-order valence-electron chi connectivity index (χ2n) is 1.74. The summed E-state index contributed by atoms with van der Waals surface area (Å²) in [4.78, 5) is 24.9. The predicted octanol–water partition coefficient (Wildman–Crippen LogP) is -0.577. The van der Waals surface area contributed by atoms with Gasteiger partial charge in [-0.15, -0.1) is 0 Å². The summed E-state index contributed by atoms with van der Waals surface area (Å²) >= 11 is 0. The van der Waals surface area contributed by atoms with Crippen LogP contribution in [0.4, 0.5) is 0 Å². The second kappa shape index (κ2) is 3.32. The Morgan fingerprint density at radius 2 is 1.67 bits per heavy atom. The number of carbonyl (C=O) groups is 2. The van der Waals surface area contributed by atoms with Crippen LogP contribution in [0, 0.1) is 0 Å². The third-order valence-corrected chi connectivity index (χ3v) is 0.875. The number of Topliss-reactive ketones (excluding diaryl/α,β-unsaturated/α-hetero) is 2. The van der Waals surface area contributed by atoms with Gasteiger partial charge in [-0.25, -0.2) is 5.90 Å². The molecular weight excluding hydrogens is 122 g/mol. The van der Waals surface area contributed by atoms with Crippen molar-refractivity contribution in [2.75, 3.05) is 0 Å². The molecule has 2 N–H and O–H groups in total. The molecule has 52 valence electrons. The fraction of sp³-hybridized carbons (Fsp3) is 0.600. The minimum Gasteiger partial charge on any atom is -0.296 e. The van der Waals surface area contributed by atoms with Gasteiger partial charge in [0.15, 0.2) is 17.7 Å². The van der Waals surface area contributed by atoms with E-state index in [2.05, 4.69) is 10.7 Å². The van der Waals surface area contributed by atoms with Crippen molar-refractivity contribution in [1.29, 1.82) is 0 Å². The molecule has 0 aromatic heterocycles. The molecule has 0 rings (SSSR count). The number of hydrogen-bond donors (Lipinski definition) is 1. The second-order valence-corrected chi connectivity index (χ2v) is 1.74. The molecule has 4 nitrogen and oxygen atoms in total. The van der Waals surface area contributed by atoms with Gasteiger partial charge in [0.1, 0.15) is 0 Å². The van der Waals surface area contributed by atoms with Gasteiger partial charge in [-0.05, 0) is 13.8 Å². The van der Waals surface area contributed by atoms with E-state index in [9.17, 15) is 9.59 Å². The van der Waals surface area contributed by atoms with Crippen LogP contribution in [0.3, 0.4) is 0 Å². The molecule has 0 spiro atoms. The van der Waals surface area contributed by atoms with E-state index in [4.69, 9.17) is 0 Å². The van der Waals surface area contributed by atoms with Crippen molar-refractivity contribution >= 4 is 11.6 Å². The molecule has 0 saturated heterocycles. The SMILES string of the molecule is CC(=O)C(ON)C(C)=O. The summed E-state index contributed by atoms with van der Waals surface area (Å²) in [5, 5.41) is 0. The van der Waals surface area contributed by atoms with E-state index in [0.717, 1.165) is 0 Å². The molecule has 0 fully saturated rings. The maximum atomic E-state index is 10.4. The van der Waals surface area contributed by atoms with Gasteiger partial charge in [-0.1, -0.05) is 0 Å². The molecular formula is C5H9NO3. The Labute approximate surface area is 52.9 Å². The Kier molecular flexibility index (Phi) is 3.05. The van der Waals surface area contributed by atoms with Crippen LogP contribution in [0.5, 0.6) is 0 Å². The Hall–Kier alpha value is -0.740. The van der Waals surface area contributed by atoms with Crippen molar-refractivity contribution in [3.63, 3.8) is 0 Å². The maximum Gasteiger partial charge on any atom is 0.194 e. The van der Waals surface area contributed by atoms with Crippen molar-refractivity contribution in [3.8, 4) is 0 Å². The normalized spacial score (nSPS) is 9.78. The highest BCUT2D eigenvalue weighted by Crippen LogP contribution is 1.90. The lowest BCUT2D eigenvalue weighted by Gasteiger charge is -2.04. The summed E-state index contributed by atoms with van der Waals surface area (Å²) in [6, 6.07) is 0. The van der Waals surface area contributed by atoms with Gasteiger partial charge in [-0.2, -0.15) is 0 Å². The minimum atomic E-state index is -1.08. The van der Waals surface area contributed by atoms with Gasteiger partial charge >= 0.3 is 0 Å². The lowest BCUT2D eigenvalue weighted by Crippen LogP contribution is -2.31. The summed E-state index contributed by atoms with van der Waals surface area (Å²) in [5.41, 5.74) is 0. The molecule has 0 aromatic carbocycles. The standard InChI is InChI=1S/C5H9NO3/c1-3(7)5(9-6)4(2)8/h5H,6H2,1-2H3. The third-order valence-electron chi connectivity index (χ3n) is 0.875. The fourth-order valence-electron chi connectivity index (χ4n) is 0.478. The molecule has 0 radical (unpaired) electrons. The predicted molar refractivity (Wildman–Crippen MR) is 30.4 cm³/mol. The molecule has 0 aromatic rings. The van der Waals surface area contributed by atoms with Crippen LogP contribution < -0.4 is 5.90 Å². The van der Waals surface area contributed by atoms with E-state index in [1.807, 2.05) is 0 Å². The van der Waals surface area contributed by atoms with Crippen LogP contribution in [0.1, 0.15) is 13.8 Å². The highest BCUT2D eigenvalue weighted by Gasteiger charge is 2.18. The van der Waals surface area contributed by atoms with Crippen LogP contribution in [-0.2, 0) is 14.4 Å². The summed E-state index contributed by atoms with van der Waals surface area (Å²) in [7, 11) is 0. The molecule has 9 heavy (non-hydrogen) atoms. The van der Waals surface area contributed by atoms with Gasteiger partial charge in [0.05, 0.1) is 0 Å². The van der Waals surface area contributed by atoms with Crippen LogP contribution in [0.15, 0.2) is 0 Å². The third kappa shape index (κ3) is 2.34. The lowest BCUT2D eigenvalue weighted by atomic mass is 10.2. The molecule has 4 heteroatoms. The maximum absolute atomic E-state index is 10.4. The van der Waals surface area contributed by atoms with Crippen molar-refractivity contribution in [3.05, 3.63) is 0 Å². The average Bonchev–Trinajstić information content (AvgIpc) is 1.64. The Morgan fingerprint density at radius 1 is 1.33 bits per heavy atom. The average molecular weight is 131 g/mol. The van der Waals surface area contributed by atoms with E-state index >= 15 is 0 Å². The smallest absolute Gasteiger partial charge is 0.194 e. The molecule has 0 aliphatic carbocycles. The van der Waals surface area contributed by atoms with E-state index in [1.54, 1.807) is 0 Å². The zero-order valence-corrected chi connectivity index (χ0v) is 5.38. The van der Waals surface area contributed by atoms with Gasteiger partial charge < -0.3 is 0 Å². The summed E-state index contributed by atoms with van der Waals surface area (Å²) in [6.07, 6.45) is -1.08. The van der Waals surface area contributed by atoms with Gasteiger partial charge in [0.2, 0.25) is 0 Å². The summed E-state index contributed by atoms with van der Waals surface area (Å²) in [6.45, 7) is 2.50. The first-order chi connectivity index (χ1) is 4.09. The number of nitrogens with two attached hydrogens (primary N) is 1.